The summed E-state index contributed by atoms with van der Waals surface area (Å²) in [6, 6.07) is 12.6. The van der Waals surface area contributed by atoms with Gasteiger partial charge >= 0.3 is 5.97 Å². The maximum atomic E-state index is 12.3. The normalized spacial score (nSPS) is 13.9. The molecule has 0 aliphatic carbocycles. The highest BCUT2D eigenvalue weighted by Gasteiger charge is 2.24. The van der Waals surface area contributed by atoms with Crippen molar-refractivity contribution in [3.8, 4) is 0 Å². The molecule has 2 aromatic carbocycles. The van der Waals surface area contributed by atoms with Gasteiger partial charge in [-0.1, -0.05) is 28.1 Å². The summed E-state index contributed by atoms with van der Waals surface area (Å²) >= 11 is 3.45. The smallest absolute Gasteiger partial charge is 0.335 e. The van der Waals surface area contributed by atoms with E-state index in [2.05, 4.69) is 15.9 Å². The minimum Gasteiger partial charge on any atom is -0.478 e. The van der Waals surface area contributed by atoms with Gasteiger partial charge in [0.2, 0.25) is 5.91 Å². The molecular formula is C17H14BrNO3. The largest absolute Gasteiger partial charge is 0.478 e. The maximum absolute atomic E-state index is 12.3. The summed E-state index contributed by atoms with van der Waals surface area (Å²) < 4.78 is 0.994. The molecule has 1 heterocycles. The summed E-state index contributed by atoms with van der Waals surface area (Å²) in [4.78, 5) is 25.1. The number of carboxylic acids is 1. The molecule has 2 aromatic rings. The van der Waals surface area contributed by atoms with Gasteiger partial charge < -0.3 is 10.0 Å². The molecule has 22 heavy (non-hydrogen) atoms. The van der Waals surface area contributed by atoms with E-state index >= 15 is 0 Å². The fourth-order valence-electron chi connectivity index (χ4n) is 2.69. The predicted octanol–water partition coefficient (Wildman–Crippen LogP) is 3.63. The van der Waals surface area contributed by atoms with Crippen LogP contribution in [0.15, 0.2) is 46.9 Å². The number of benzene rings is 2. The fourth-order valence-corrected chi connectivity index (χ4v) is 3.10. The van der Waals surface area contributed by atoms with Crippen molar-refractivity contribution in [2.75, 3.05) is 4.90 Å². The Morgan fingerprint density at radius 2 is 2.00 bits per heavy atom. The Bertz CT molecular complexity index is 757. The molecule has 1 aliphatic heterocycles. The number of hydrogen-bond donors (Lipinski definition) is 1. The molecule has 112 valence electrons. The third-order valence-corrected chi connectivity index (χ3v) is 4.25. The van der Waals surface area contributed by atoms with Crippen LogP contribution >= 0.6 is 15.9 Å². The Morgan fingerprint density at radius 1 is 1.18 bits per heavy atom. The number of halogens is 1. The van der Waals surface area contributed by atoms with Crippen molar-refractivity contribution in [1.82, 2.24) is 0 Å². The number of amides is 1. The molecule has 3 rings (SSSR count). The highest BCUT2D eigenvalue weighted by Crippen LogP contribution is 2.31. The van der Waals surface area contributed by atoms with Gasteiger partial charge in [0, 0.05) is 16.6 Å². The molecule has 0 spiro atoms. The summed E-state index contributed by atoms with van der Waals surface area (Å²) in [5.41, 5.74) is 3.07. The Kier molecular flexibility index (Phi) is 3.98. The van der Waals surface area contributed by atoms with E-state index in [1.54, 1.807) is 23.1 Å². The van der Waals surface area contributed by atoms with E-state index < -0.39 is 5.97 Å². The van der Waals surface area contributed by atoms with Crippen molar-refractivity contribution < 1.29 is 14.7 Å². The second-order valence-electron chi connectivity index (χ2n) is 5.26. The van der Waals surface area contributed by atoms with Gasteiger partial charge in [-0.3, -0.25) is 4.79 Å². The maximum Gasteiger partial charge on any atom is 0.335 e. The summed E-state index contributed by atoms with van der Waals surface area (Å²) in [6.07, 6.45) is 1.21. The molecule has 1 aliphatic rings. The molecule has 0 saturated heterocycles. The van der Waals surface area contributed by atoms with Gasteiger partial charge in [0.25, 0.3) is 0 Å². The zero-order valence-corrected chi connectivity index (χ0v) is 13.3. The fraction of sp³-hybridized carbons (Fsp3) is 0.176. The first kappa shape index (κ1) is 14.8. The van der Waals surface area contributed by atoms with Crippen LogP contribution in [-0.4, -0.2) is 17.0 Å². The third-order valence-electron chi connectivity index (χ3n) is 3.76. The quantitative estimate of drug-likeness (QED) is 0.910. The molecule has 4 nitrogen and oxygen atoms in total. The second-order valence-corrected chi connectivity index (χ2v) is 6.17. The summed E-state index contributed by atoms with van der Waals surface area (Å²) in [5.74, 6) is -0.897. The first-order valence-electron chi connectivity index (χ1n) is 6.95. The van der Waals surface area contributed by atoms with E-state index in [9.17, 15) is 9.59 Å². The summed E-state index contributed by atoms with van der Waals surface area (Å²) in [5, 5.41) is 9.07. The van der Waals surface area contributed by atoms with Crippen molar-refractivity contribution in [3.63, 3.8) is 0 Å². The van der Waals surface area contributed by atoms with Crippen molar-refractivity contribution in [1.29, 1.82) is 0 Å². The number of carbonyl (C=O) groups excluding carboxylic acids is 1. The van der Waals surface area contributed by atoms with Gasteiger partial charge in [0.15, 0.2) is 0 Å². The van der Waals surface area contributed by atoms with E-state index in [-0.39, 0.29) is 11.5 Å². The minimum atomic E-state index is -0.962. The van der Waals surface area contributed by atoms with Crippen LogP contribution in [0.4, 0.5) is 5.69 Å². The molecule has 0 bridgehead atoms. The average molecular weight is 360 g/mol. The van der Waals surface area contributed by atoms with E-state index in [1.165, 1.54) is 0 Å². The van der Waals surface area contributed by atoms with Crippen LogP contribution in [0.2, 0.25) is 0 Å². The molecule has 0 saturated carbocycles. The van der Waals surface area contributed by atoms with E-state index in [0.29, 0.717) is 13.0 Å². The Morgan fingerprint density at radius 3 is 2.77 bits per heavy atom. The highest BCUT2D eigenvalue weighted by atomic mass is 79.9. The van der Waals surface area contributed by atoms with Gasteiger partial charge in [-0.15, -0.1) is 0 Å². The molecule has 0 atom stereocenters. The van der Waals surface area contributed by atoms with E-state index in [4.69, 9.17) is 5.11 Å². The Balaban J connectivity index is 1.93. The molecule has 0 aromatic heterocycles. The number of nitrogens with zero attached hydrogens (tertiary/aromatic N) is 1. The lowest BCUT2D eigenvalue weighted by Gasteiger charge is -2.29. The third kappa shape index (κ3) is 2.90. The van der Waals surface area contributed by atoms with Crippen LogP contribution in [0.25, 0.3) is 0 Å². The first-order chi connectivity index (χ1) is 10.5. The van der Waals surface area contributed by atoms with Crippen molar-refractivity contribution in [2.45, 2.75) is 19.4 Å². The topological polar surface area (TPSA) is 57.6 Å². The van der Waals surface area contributed by atoms with Gasteiger partial charge in [-0.05, 0) is 47.9 Å². The SMILES string of the molecule is O=C(O)c1cccc(CN2C(=O)CCc3cc(Br)ccc32)c1. The standard InChI is InChI=1S/C17H14BrNO3/c18-14-5-6-15-12(9-14)4-7-16(20)19(15)10-11-2-1-3-13(8-11)17(21)22/h1-3,5-6,8-9H,4,7,10H2,(H,21,22). The average Bonchev–Trinajstić information content (AvgIpc) is 2.50. The Hall–Kier alpha value is -2.14. The number of aromatic carboxylic acids is 1. The molecule has 1 N–H and O–H groups in total. The van der Waals surface area contributed by atoms with Gasteiger partial charge in [0.05, 0.1) is 12.1 Å². The summed E-state index contributed by atoms with van der Waals surface area (Å²) in [7, 11) is 0. The lowest BCUT2D eigenvalue weighted by Crippen LogP contribution is -2.34. The second kappa shape index (κ2) is 5.93. The van der Waals surface area contributed by atoms with Gasteiger partial charge in [-0.2, -0.15) is 0 Å². The zero-order valence-electron chi connectivity index (χ0n) is 11.8. The lowest BCUT2D eigenvalue weighted by molar-refractivity contribution is -0.119. The number of hydrogen-bond acceptors (Lipinski definition) is 2. The van der Waals surface area contributed by atoms with E-state index in [1.807, 2.05) is 24.3 Å². The van der Waals surface area contributed by atoms with Crippen LogP contribution in [0.5, 0.6) is 0 Å². The summed E-state index contributed by atoms with van der Waals surface area (Å²) in [6.45, 7) is 0.384. The molecule has 0 fully saturated rings. The number of anilines is 1. The van der Waals surface area contributed by atoms with Gasteiger partial charge in [-0.25, -0.2) is 4.79 Å². The van der Waals surface area contributed by atoms with E-state index in [0.717, 1.165) is 27.7 Å². The predicted molar refractivity (Wildman–Crippen MR) is 87.1 cm³/mol. The molecule has 0 unspecified atom stereocenters. The molecule has 1 amide bonds. The van der Waals surface area contributed by atoms with Crippen LogP contribution in [0, 0.1) is 0 Å². The van der Waals surface area contributed by atoms with Gasteiger partial charge in [0.1, 0.15) is 0 Å². The van der Waals surface area contributed by atoms with Crippen molar-refractivity contribution in [2.24, 2.45) is 0 Å². The monoisotopic (exact) mass is 359 g/mol. The number of carboxylic acid groups (broad SMARTS) is 1. The molecule has 5 heteroatoms. The zero-order chi connectivity index (χ0) is 15.7. The minimum absolute atomic E-state index is 0.0653. The Labute approximate surface area is 136 Å². The lowest BCUT2D eigenvalue weighted by atomic mass is 10.00. The molecular weight excluding hydrogens is 346 g/mol. The van der Waals surface area contributed by atoms with Crippen LogP contribution in [-0.2, 0) is 17.8 Å². The van der Waals surface area contributed by atoms with Crippen LogP contribution < -0.4 is 4.90 Å². The number of carbonyl (C=O) groups is 2. The molecule has 0 radical (unpaired) electrons. The van der Waals surface area contributed by atoms with Crippen LogP contribution in [0.1, 0.15) is 27.9 Å². The number of fused-ring (bicyclic) bond motifs is 1. The van der Waals surface area contributed by atoms with Crippen molar-refractivity contribution >= 4 is 33.5 Å². The van der Waals surface area contributed by atoms with Crippen molar-refractivity contribution in [3.05, 3.63) is 63.6 Å². The first-order valence-corrected chi connectivity index (χ1v) is 7.75. The number of aryl methyl sites for hydroxylation is 1. The highest BCUT2D eigenvalue weighted by molar-refractivity contribution is 9.10. The number of rotatable bonds is 3. The van der Waals surface area contributed by atoms with Crippen LogP contribution in [0.3, 0.4) is 0 Å².